The molecular formula is C29H15Cl6N3O6. The fraction of sp³-hybridized carbons (Fsp3) is 0. The molecule has 3 aliphatic rings. The zero-order chi connectivity index (χ0) is 32.6. The molecule has 5 rings (SSSR count). The summed E-state index contributed by atoms with van der Waals surface area (Å²) in [5.41, 5.74) is 4.62. The minimum Gasteiger partial charge on any atom is -0.410 e. The molecule has 0 radical (unpaired) electrons. The van der Waals surface area contributed by atoms with Crippen molar-refractivity contribution in [1.82, 2.24) is 5.43 Å². The highest BCUT2D eigenvalue weighted by Crippen LogP contribution is 2.33. The lowest BCUT2D eigenvalue weighted by Gasteiger charge is -2.12. The molecule has 3 aliphatic carbocycles. The van der Waals surface area contributed by atoms with Crippen molar-refractivity contribution in [3.8, 4) is 0 Å². The van der Waals surface area contributed by atoms with Crippen LogP contribution >= 0.6 is 69.6 Å². The third-order valence-electron chi connectivity index (χ3n) is 5.48. The molecule has 2 N–H and O–H groups in total. The number of carbonyl (C=O) groups excluding carboxylic acids is 5. The first-order valence-corrected chi connectivity index (χ1v) is 14.1. The first-order valence-electron chi connectivity index (χ1n) is 11.8. The number of fused-ring (bicyclic) bond motifs is 1. The summed E-state index contributed by atoms with van der Waals surface area (Å²) in [7, 11) is 0. The Kier molecular flexibility index (Phi) is 12.4. The van der Waals surface area contributed by atoms with Gasteiger partial charge in [-0.3, -0.25) is 24.0 Å². The number of ketones is 4. The minimum atomic E-state index is -0.729. The highest BCUT2D eigenvalue weighted by Gasteiger charge is 2.31. The number of Topliss-reactive ketones (excluding diaryl/α,β-unsaturated/α-hetero) is 4. The molecule has 0 bridgehead atoms. The zero-order valence-electron chi connectivity index (χ0n) is 21.7. The van der Waals surface area contributed by atoms with E-state index in [4.69, 9.17) is 74.8 Å². The maximum absolute atomic E-state index is 11.7. The molecular weight excluding hydrogens is 699 g/mol. The van der Waals surface area contributed by atoms with Gasteiger partial charge >= 0.3 is 0 Å². The van der Waals surface area contributed by atoms with Crippen molar-refractivity contribution >= 4 is 110 Å². The van der Waals surface area contributed by atoms with Gasteiger partial charge in [0, 0.05) is 16.7 Å². The summed E-state index contributed by atoms with van der Waals surface area (Å²) >= 11 is 32.7. The summed E-state index contributed by atoms with van der Waals surface area (Å²) in [6.07, 6.45) is 6.46. The fourth-order valence-corrected chi connectivity index (χ4v) is 4.46. The molecule has 0 unspecified atom stereocenters. The van der Waals surface area contributed by atoms with Crippen LogP contribution in [0.5, 0.6) is 0 Å². The monoisotopic (exact) mass is 711 g/mol. The molecule has 15 heteroatoms. The number of nitrogens with one attached hydrogen (secondary N) is 1. The number of amides is 1. The lowest BCUT2D eigenvalue weighted by molar-refractivity contribution is -0.114. The molecule has 0 saturated carbocycles. The van der Waals surface area contributed by atoms with Gasteiger partial charge in [-0.1, -0.05) is 117 Å². The molecule has 0 atom stereocenters. The van der Waals surface area contributed by atoms with Crippen LogP contribution in [0.25, 0.3) is 0 Å². The van der Waals surface area contributed by atoms with Crippen LogP contribution < -0.4 is 5.43 Å². The Morgan fingerprint density at radius 3 is 1.32 bits per heavy atom. The molecule has 0 aromatic heterocycles. The number of rotatable bonds is 2. The summed E-state index contributed by atoms with van der Waals surface area (Å²) in [5, 5.41) is 13.5. The molecule has 224 valence electrons. The zero-order valence-corrected chi connectivity index (χ0v) is 26.2. The van der Waals surface area contributed by atoms with E-state index in [2.05, 4.69) is 15.7 Å². The summed E-state index contributed by atoms with van der Waals surface area (Å²) < 4.78 is 0. The predicted molar refractivity (Wildman–Crippen MR) is 170 cm³/mol. The van der Waals surface area contributed by atoms with Gasteiger partial charge in [-0.25, -0.2) is 5.43 Å². The minimum absolute atomic E-state index is 0.199. The number of benzene rings is 2. The third-order valence-corrected chi connectivity index (χ3v) is 7.93. The van der Waals surface area contributed by atoms with Crippen LogP contribution in [0, 0.1) is 0 Å². The number of halogens is 6. The van der Waals surface area contributed by atoms with E-state index in [0.717, 1.165) is 0 Å². The van der Waals surface area contributed by atoms with Crippen molar-refractivity contribution in [2.45, 2.75) is 0 Å². The van der Waals surface area contributed by atoms with Crippen LogP contribution in [0.4, 0.5) is 0 Å². The van der Waals surface area contributed by atoms with Gasteiger partial charge in [0.15, 0.2) is 0 Å². The molecule has 0 fully saturated rings. The second-order valence-corrected chi connectivity index (χ2v) is 10.5. The van der Waals surface area contributed by atoms with Crippen LogP contribution in [-0.2, 0) is 9.59 Å². The second kappa shape index (κ2) is 15.8. The number of hydrogen-bond acceptors (Lipinski definition) is 8. The Hall–Kier alpha value is -3.83. The third kappa shape index (κ3) is 8.21. The molecule has 0 saturated heterocycles. The van der Waals surface area contributed by atoms with Gasteiger partial charge in [-0.05, 0) is 36.4 Å². The van der Waals surface area contributed by atoms with Crippen LogP contribution in [0.2, 0.25) is 0 Å². The van der Waals surface area contributed by atoms with Crippen LogP contribution in [0.3, 0.4) is 0 Å². The Morgan fingerprint density at radius 2 is 0.909 bits per heavy atom. The molecule has 0 heterocycles. The van der Waals surface area contributed by atoms with E-state index in [9.17, 15) is 24.0 Å². The van der Waals surface area contributed by atoms with Gasteiger partial charge in [0.25, 0.3) is 5.91 Å². The van der Waals surface area contributed by atoms with Gasteiger partial charge in [0.05, 0.1) is 5.71 Å². The highest BCUT2D eigenvalue weighted by molar-refractivity contribution is 6.69. The standard InChI is InChI=1S/C13H11N3O2.C10H4Cl2O2.C6Cl4O2/c17-13(10-4-2-1-3-5-10)15-14-11-6-8-12(16-18)9-7-11;11-7-8(12)10(14)6-4-2-1-3-5(6)9(7)13;7-1-2(8)6(12)4(10)3(9)5(1)11/h1-9,18H,(H,15,17);1-4H;. The Labute approximate surface area is 279 Å². The first-order chi connectivity index (χ1) is 20.9. The Morgan fingerprint density at radius 1 is 0.545 bits per heavy atom. The smallest absolute Gasteiger partial charge is 0.271 e. The van der Waals surface area contributed by atoms with Gasteiger partial charge in [-0.15, -0.1) is 0 Å². The average Bonchev–Trinajstić information content (AvgIpc) is 3.07. The molecule has 0 spiro atoms. The summed E-state index contributed by atoms with van der Waals surface area (Å²) in [5.74, 6) is -2.52. The fourth-order valence-electron chi connectivity index (χ4n) is 3.27. The summed E-state index contributed by atoms with van der Waals surface area (Å²) in [6.45, 7) is 0. The molecule has 44 heavy (non-hydrogen) atoms. The van der Waals surface area contributed by atoms with Crippen molar-refractivity contribution in [2.75, 3.05) is 0 Å². The lowest BCUT2D eigenvalue weighted by Crippen LogP contribution is -2.19. The van der Waals surface area contributed by atoms with Crippen molar-refractivity contribution in [2.24, 2.45) is 10.3 Å². The van der Waals surface area contributed by atoms with E-state index in [-0.39, 0.29) is 16.0 Å². The maximum Gasteiger partial charge on any atom is 0.271 e. The van der Waals surface area contributed by atoms with Crippen LogP contribution in [0.15, 0.2) is 119 Å². The summed E-state index contributed by atoms with van der Waals surface area (Å²) in [4.78, 5) is 56.8. The lowest BCUT2D eigenvalue weighted by atomic mass is 9.95. The van der Waals surface area contributed by atoms with E-state index in [1.165, 1.54) is 0 Å². The number of oxime groups is 1. The second-order valence-electron chi connectivity index (χ2n) is 8.28. The van der Waals surface area contributed by atoms with Gasteiger partial charge in [0.1, 0.15) is 35.9 Å². The van der Waals surface area contributed by atoms with Crippen molar-refractivity contribution in [3.63, 3.8) is 0 Å². The van der Waals surface area contributed by atoms with Gasteiger partial charge in [-0.2, -0.15) is 5.10 Å². The molecule has 1 amide bonds. The average molecular weight is 714 g/mol. The SMILES string of the molecule is O=C(NN=C1C=CC(=NO)C=C1)c1ccccc1.O=C1C(Cl)=C(Cl)C(=O)C(Cl)=C1Cl.O=C1C(Cl)=C(Cl)C(=O)c2ccccc21. The number of allylic oxidation sites excluding steroid dienone is 10. The Bertz CT molecular complexity index is 1670. The molecule has 2 aromatic carbocycles. The first kappa shape index (κ1) is 34.7. The van der Waals surface area contributed by atoms with Crippen molar-refractivity contribution < 1.29 is 29.2 Å². The molecule has 2 aromatic rings. The van der Waals surface area contributed by atoms with E-state index < -0.39 is 43.3 Å². The van der Waals surface area contributed by atoms with E-state index in [1.807, 2.05) is 6.07 Å². The van der Waals surface area contributed by atoms with E-state index in [0.29, 0.717) is 28.1 Å². The number of hydrazone groups is 1. The molecule has 0 aliphatic heterocycles. The molecule has 9 nitrogen and oxygen atoms in total. The topological polar surface area (TPSA) is 142 Å². The highest BCUT2D eigenvalue weighted by atomic mass is 35.5. The van der Waals surface area contributed by atoms with E-state index >= 15 is 0 Å². The normalized spacial score (nSPS) is 15.8. The number of hydrogen-bond donors (Lipinski definition) is 2. The predicted octanol–water partition coefficient (Wildman–Crippen LogP) is 7.00. The van der Waals surface area contributed by atoms with Gasteiger partial charge in [0.2, 0.25) is 23.1 Å². The quantitative estimate of drug-likeness (QED) is 0.195. The van der Waals surface area contributed by atoms with Crippen molar-refractivity contribution in [1.29, 1.82) is 0 Å². The Balaban J connectivity index is 0.000000185. The number of nitrogens with zero attached hydrogens (tertiary/aromatic N) is 2. The van der Waals surface area contributed by atoms with Gasteiger partial charge < -0.3 is 5.21 Å². The summed E-state index contributed by atoms with van der Waals surface area (Å²) in [6, 6.07) is 15.3. The van der Waals surface area contributed by atoms with E-state index in [1.54, 1.807) is 72.8 Å². The van der Waals surface area contributed by atoms with Crippen molar-refractivity contribution in [3.05, 3.63) is 126 Å². The number of carbonyl (C=O) groups is 5. The maximum atomic E-state index is 11.7. The largest absolute Gasteiger partial charge is 0.410 e. The van der Waals surface area contributed by atoms with Crippen LogP contribution in [-0.4, -0.2) is 45.7 Å². The van der Waals surface area contributed by atoms with Crippen LogP contribution in [0.1, 0.15) is 31.1 Å².